The van der Waals surface area contributed by atoms with Crippen molar-refractivity contribution >= 4 is 38.9 Å². The summed E-state index contributed by atoms with van der Waals surface area (Å²) in [6.07, 6.45) is 1.75. The van der Waals surface area contributed by atoms with Gasteiger partial charge in [-0.05, 0) is 50.5 Å². The molecule has 0 spiro atoms. The van der Waals surface area contributed by atoms with Gasteiger partial charge in [0.15, 0.2) is 0 Å². The molecule has 0 N–H and O–H groups in total. The minimum atomic E-state index is -0.487. The zero-order chi connectivity index (χ0) is 19.2. The zero-order valence-electron chi connectivity index (χ0n) is 16.2. The predicted molar refractivity (Wildman–Crippen MR) is 106 cm³/mol. The minimum Gasteiger partial charge on any atom is -0.444 e. The molecule has 2 aromatic rings. The number of aryl methyl sites for hydroxylation is 2. The average Bonchev–Trinajstić information content (AvgIpc) is 2.79. The van der Waals surface area contributed by atoms with Gasteiger partial charge >= 0.3 is 6.09 Å². The summed E-state index contributed by atoms with van der Waals surface area (Å²) < 4.78 is 8.51. The van der Waals surface area contributed by atoms with Crippen LogP contribution in [-0.4, -0.2) is 56.8 Å². The second kappa shape index (κ2) is 6.72. The lowest BCUT2D eigenvalue weighted by Gasteiger charge is -2.40. The van der Waals surface area contributed by atoms with Crippen LogP contribution in [-0.2, 0) is 11.8 Å². The Labute approximate surface area is 162 Å². The fraction of sp³-hybridized carbons (Fsp3) is 0.611. The highest BCUT2D eigenvalue weighted by molar-refractivity contribution is 9.10. The number of halogens is 1. The maximum Gasteiger partial charge on any atom is 0.410 e. The van der Waals surface area contributed by atoms with E-state index in [-0.39, 0.29) is 12.1 Å². The van der Waals surface area contributed by atoms with Crippen LogP contribution in [0.25, 0.3) is 11.0 Å². The second-order valence-corrected chi connectivity index (χ2v) is 8.70. The third-order valence-electron chi connectivity index (χ3n) is 4.42. The van der Waals surface area contributed by atoms with E-state index in [0.29, 0.717) is 19.6 Å². The first-order valence-electron chi connectivity index (χ1n) is 8.80. The van der Waals surface area contributed by atoms with E-state index in [1.807, 2.05) is 52.4 Å². The van der Waals surface area contributed by atoms with Gasteiger partial charge < -0.3 is 19.1 Å². The lowest BCUT2D eigenvalue weighted by atomic mass is 10.2. The van der Waals surface area contributed by atoms with Crippen molar-refractivity contribution in [2.45, 2.75) is 46.3 Å². The van der Waals surface area contributed by atoms with Crippen molar-refractivity contribution in [3.05, 3.63) is 16.5 Å². The van der Waals surface area contributed by atoms with Crippen molar-refractivity contribution in [3.8, 4) is 0 Å². The van der Waals surface area contributed by atoms with Gasteiger partial charge in [0.1, 0.15) is 22.9 Å². The van der Waals surface area contributed by atoms with E-state index in [4.69, 9.17) is 9.72 Å². The quantitative estimate of drug-likeness (QED) is 0.702. The van der Waals surface area contributed by atoms with Gasteiger partial charge in [-0.2, -0.15) is 0 Å². The fourth-order valence-electron chi connectivity index (χ4n) is 3.28. The first-order chi connectivity index (χ1) is 12.1. The SMILES string of the molecule is Cc1nc(N2CCN(C(=O)OC(C)(C)C)[C@@H](C)C2)c2c(Br)cn(C)c2n1. The van der Waals surface area contributed by atoms with Crippen molar-refractivity contribution in [1.82, 2.24) is 19.4 Å². The number of hydrogen-bond donors (Lipinski definition) is 0. The predicted octanol–water partition coefficient (Wildman–Crippen LogP) is 3.48. The lowest BCUT2D eigenvalue weighted by Crippen LogP contribution is -2.55. The van der Waals surface area contributed by atoms with Crippen LogP contribution in [0.4, 0.5) is 10.6 Å². The summed E-state index contributed by atoms with van der Waals surface area (Å²) in [5.74, 6) is 1.65. The van der Waals surface area contributed by atoms with E-state index < -0.39 is 5.60 Å². The van der Waals surface area contributed by atoms with Crippen molar-refractivity contribution in [2.75, 3.05) is 24.5 Å². The molecule has 1 aliphatic heterocycles. The molecule has 0 bridgehead atoms. The van der Waals surface area contributed by atoms with Gasteiger partial charge in [0.2, 0.25) is 0 Å². The fourth-order valence-corrected chi connectivity index (χ4v) is 3.94. The van der Waals surface area contributed by atoms with E-state index in [2.05, 4.69) is 25.8 Å². The molecule has 2 aromatic heterocycles. The molecular formula is C18H26BrN5O2. The van der Waals surface area contributed by atoms with Gasteiger partial charge in [-0.15, -0.1) is 0 Å². The Morgan fingerprint density at radius 2 is 2.00 bits per heavy atom. The molecule has 3 rings (SSSR count). The summed E-state index contributed by atoms with van der Waals surface area (Å²) in [6.45, 7) is 11.6. The molecule has 0 aromatic carbocycles. The van der Waals surface area contributed by atoms with E-state index in [0.717, 1.165) is 27.1 Å². The molecule has 0 unspecified atom stereocenters. The summed E-state index contributed by atoms with van der Waals surface area (Å²) >= 11 is 3.63. The number of nitrogens with zero attached hydrogens (tertiary/aromatic N) is 5. The van der Waals surface area contributed by atoms with Crippen molar-refractivity contribution < 1.29 is 9.53 Å². The Hall–Kier alpha value is -1.83. The summed E-state index contributed by atoms with van der Waals surface area (Å²) in [4.78, 5) is 25.7. The maximum atomic E-state index is 12.4. The Balaban J connectivity index is 1.86. The Morgan fingerprint density at radius 1 is 1.31 bits per heavy atom. The lowest BCUT2D eigenvalue weighted by molar-refractivity contribution is 0.0159. The third kappa shape index (κ3) is 3.65. The minimum absolute atomic E-state index is 0.0337. The van der Waals surface area contributed by atoms with Crippen molar-refractivity contribution in [3.63, 3.8) is 0 Å². The Bertz CT molecular complexity index is 842. The number of fused-ring (bicyclic) bond motifs is 1. The molecule has 7 nitrogen and oxygen atoms in total. The number of ether oxygens (including phenoxy) is 1. The molecule has 1 aliphatic rings. The van der Waals surface area contributed by atoms with Crippen LogP contribution in [0.2, 0.25) is 0 Å². The molecule has 0 radical (unpaired) electrons. The van der Waals surface area contributed by atoms with Crippen LogP contribution in [0.3, 0.4) is 0 Å². The summed E-state index contributed by atoms with van der Waals surface area (Å²) in [7, 11) is 1.98. The summed E-state index contributed by atoms with van der Waals surface area (Å²) in [5.41, 5.74) is 0.417. The summed E-state index contributed by atoms with van der Waals surface area (Å²) in [6, 6.07) is 0.0337. The molecule has 1 saturated heterocycles. The highest BCUT2D eigenvalue weighted by atomic mass is 79.9. The number of piperazine rings is 1. The number of hydrogen-bond acceptors (Lipinski definition) is 5. The molecule has 8 heteroatoms. The highest BCUT2D eigenvalue weighted by Crippen LogP contribution is 2.33. The molecule has 0 aliphatic carbocycles. The first kappa shape index (κ1) is 18.9. The largest absolute Gasteiger partial charge is 0.444 e. The number of anilines is 1. The average molecular weight is 424 g/mol. The van der Waals surface area contributed by atoms with Crippen LogP contribution >= 0.6 is 15.9 Å². The number of carbonyl (C=O) groups is 1. The number of rotatable bonds is 1. The molecule has 1 fully saturated rings. The number of carbonyl (C=O) groups excluding carboxylic acids is 1. The van der Waals surface area contributed by atoms with Gasteiger partial charge in [0.05, 0.1) is 5.39 Å². The van der Waals surface area contributed by atoms with Gasteiger partial charge in [0, 0.05) is 43.4 Å². The Morgan fingerprint density at radius 3 is 2.62 bits per heavy atom. The van der Waals surface area contributed by atoms with E-state index in [1.54, 1.807) is 4.90 Å². The Kier molecular flexibility index (Phi) is 4.90. The van der Waals surface area contributed by atoms with Crippen LogP contribution in [0.5, 0.6) is 0 Å². The zero-order valence-corrected chi connectivity index (χ0v) is 17.8. The maximum absolute atomic E-state index is 12.4. The smallest absolute Gasteiger partial charge is 0.410 e. The molecule has 142 valence electrons. The standard InChI is InChI=1S/C18H26BrN5O2/c1-11-9-23(7-8-24(11)17(25)26-18(3,4)5)16-14-13(19)10-22(6)15(14)20-12(2)21-16/h10-11H,7-9H2,1-6H3/t11-/m0/s1. The van der Waals surface area contributed by atoms with Crippen molar-refractivity contribution in [1.29, 1.82) is 0 Å². The van der Waals surface area contributed by atoms with Crippen LogP contribution < -0.4 is 4.90 Å². The van der Waals surface area contributed by atoms with E-state index in [9.17, 15) is 4.79 Å². The van der Waals surface area contributed by atoms with Crippen LogP contribution in [0.15, 0.2) is 10.7 Å². The number of aromatic nitrogens is 3. The van der Waals surface area contributed by atoms with Gasteiger partial charge in [0.25, 0.3) is 0 Å². The molecule has 1 atom stereocenters. The van der Waals surface area contributed by atoms with E-state index in [1.165, 1.54) is 0 Å². The summed E-state index contributed by atoms with van der Waals surface area (Å²) in [5, 5.41) is 1.01. The van der Waals surface area contributed by atoms with Crippen molar-refractivity contribution in [2.24, 2.45) is 7.05 Å². The second-order valence-electron chi connectivity index (χ2n) is 7.85. The highest BCUT2D eigenvalue weighted by Gasteiger charge is 2.32. The number of amides is 1. The van der Waals surface area contributed by atoms with Crippen LogP contribution in [0.1, 0.15) is 33.5 Å². The topological polar surface area (TPSA) is 63.5 Å². The monoisotopic (exact) mass is 423 g/mol. The first-order valence-corrected chi connectivity index (χ1v) is 9.60. The molecule has 26 heavy (non-hydrogen) atoms. The third-order valence-corrected chi connectivity index (χ3v) is 5.02. The molecule has 1 amide bonds. The van der Waals surface area contributed by atoms with Gasteiger partial charge in [-0.3, -0.25) is 0 Å². The van der Waals surface area contributed by atoms with Gasteiger partial charge in [-0.1, -0.05) is 0 Å². The van der Waals surface area contributed by atoms with Crippen LogP contribution in [0, 0.1) is 6.92 Å². The normalized spacial score (nSPS) is 18.5. The molecule has 0 saturated carbocycles. The molecular weight excluding hydrogens is 398 g/mol. The van der Waals surface area contributed by atoms with E-state index >= 15 is 0 Å². The molecule has 3 heterocycles. The van der Waals surface area contributed by atoms with Gasteiger partial charge in [-0.25, -0.2) is 14.8 Å².